The highest BCUT2D eigenvalue weighted by molar-refractivity contribution is 5.86. The first-order valence-corrected chi connectivity index (χ1v) is 10.4. The van der Waals surface area contributed by atoms with Crippen LogP contribution in [0.5, 0.6) is 0 Å². The van der Waals surface area contributed by atoms with E-state index in [4.69, 9.17) is 14.5 Å². The van der Waals surface area contributed by atoms with E-state index >= 15 is 0 Å². The molecule has 32 heavy (non-hydrogen) atoms. The first-order chi connectivity index (χ1) is 15.4. The Balaban J connectivity index is 1.53. The highest BCUT2D eigenvalue weighted by Gasteiger charge is 2.50. The number of carbonyl (C=O) groups excluding carboxylic acids is 1. The van der Waals surface area contributed by atoms with Crippen molar-refractivity contribution in [3.8, 4) is 11.3 Å². The van der Waals surface area contributed by atoms with E-state index < -0.39 is 18.0 Å². The predicted octanol–water partition coefficient (Wildman–Crippen LogP) is 1.50. The van der Waals surface area contributed by atoms with E-state index in [9.17, 15) is 13.6 Å². The summed E-state index contributed by atoms with van der Waals surface area (Å²) < 4.78 is 38.5. The van der Waals surface area contributed by atoms with Gasteiger partial charge in [-0.2, -0.15) is 4.98 Å². The number of alkyl halides is 2. The molecule has 0 unspecified atom stereocenters. The maximum Gasteiger partial charge on any atom is 0.281 e. The summed E-state index contributed by atoms with van der Waals surface area (Å²) in [5, 5.41) is 2.34. The Kier molecular flexibility index (Phi) is 5.33. The molecule has 0 radical (unpaired) electrons. The number of ether oxygens (including phenoxy) is 2. The van der Waals surface area contributed by atoms with Crippen LogP contribution >= 0.6 is 0 Å². The van der Waals surface area contributed by atoms with Crippen LogP contribution in [0.1, 0.15) is 19.0 Å². The molecule has 3 fully saturated rings. The molecule has 3 saturated heterocycles. The van der Waals surface area contributed by atoms with E-state index in [2.05, 4.69) is 25.2 Å². The maximum absolute atomic E-state index is 13.9. The molecule has 0 bridgehead atoms. The summed E-state index contributed by atoms with van der Waals surface area (Å²) in [7, 11) is 0. The Labute approximate surface area is 183 Å². The Morgan fingerprint density at radius 2 is 1.88 bits per heavy atom. The van der Waals surface area contributed by atoms with Gasteiger partial charge >= 0.3 is 0 Å². The minimum atomic E-state index is -2.87. The number of amides is 1. The lowest BCUT2D eigenvalue weighted by Gasteiger charge is -2.55. The van der Waals surface area contributed by atoms with Gasteiger partial charge in [-0.25, -0.2) is 23.7 Å². The monoisotopic (exact) mass is 447 g/mol. The van der Waals surface area contributed by atoms with Gasteiger partial charge in [-0.05, 0) is 0 Å². The molecule has 2 aromatic heterocycles. The third-order valence-electron chi connectivity index (χ3n) is 5.78. The van der Waals surface area contributed by atoms with Crippen LogP contribution in [0.4, 0.5) is 26.5 Å². The van der Waals surface area contributed by atoms with Crippen molar-refractivity contribution in [2.24, 2.45) is 5.41 Å². The van der Waals surface area contributed by atoms with Crippen molar-refractivity contribution in [3.63, 3.8) is 0 Å². The zero-order valence-corrected chi connectivity index (χ0v) is 17.6. The topological polar surface area (TPSA) is 106 Å². The third kappa shape index (κ3) is 3.95. The van der Waals surface area contributed by atoms with E-state index in [0.29, 0.717) is 57.0 Å². The van der Waals surface area contributed by atoms with Crippen molar-refractivity contribution < 1.29 is 23.0 Å². The Morgan fingerprint density at radius 1 is 1.12 bits per heavy atom. The summed E-state index contributed by atoms with van der Waals surface area (Å²) >= 11 is 0. The summed E-state index contributed by atoms with van der Waals surface area (Å²) in [5.41, 5.74) is 0.0747. The van der Waals surface area contributed by atoms with Gasteiger partial charge in [-0.1, -0.05) is 0 Å². The quantitative estimate of drug-likeness (QED) is 0.730. The molecule has 0 saturated carbocycles. The molecular weight excluding hydrogens is 424 g/mol. The Hall–Kier alpha value is -2.99. The molecule has 5 rings (SSSR count). The number of rotatable bonds is 5. The fourth-order valence-electron chi connectivity index (χ4n) is 4.11. The first-order valence-electron chi connectivity index (χ1n) is 10.4. The van der Waals surface area contributed by atoms with Crippen LogP contribution < -0.4 is 15.1 Å². The zero-order valence-electron chi connectivity index (χ0n) is 17.6. The number of halogens is 2. The normalized spacial score (nSPS) is 19.6. The Morgan fingerprint density at radius 3 is 2.50 bits per heavy atom. The highest BCUT2D eigenvalue weighted by Crippen LogP contribution is 2.40. The van der Waals surface area contributed by atoms with E-state index in [1.165, 1.54) is 13.1 Å². The van der Waals surface area contributed by atoms with Gasteiger partial charge < -0.3 is 19.3 Å². The number of nitrogens with zero attached hydrogens (tertiary/aromatic N) is 6. The molecule has 3 aliphatic rings. The van der Waals surface area contributed by atoms with Crippen molar-refractivity contribution in [2.45, 2.75) is 13.3 Å². The predicted molar refractivity (Wildman–Crippen MR) is 111 cm³/mol. The van der Waals surface area contributed by atoms with Crippen LogP contribution in [0, 0.1) is 5.41 Å². The summed E-state index contributed by atoms with van der Waals surface area (Å²) in [6, 6.07) is 1.68. The fraction of sp³-hybridized carbons (Fsp3) is 0.550. The molecule has 0 aromatic carbocycles. The second kappa shape index (κ2) is 8.17. The minimum absolute atomic E-state index is 0.106. The van der Waals surface area contributed by atoms with Crippen LogP contribution in [-0.4, -0.2) is 78.4 Å². The van der Waals surface area contributed by atoms with E-state index in [0.717, 1.165) is 13.1 Å². The lowest BCUT2D eigenvalue weighted by Crippen LogP contribution is -2.66. The van der Waals surface area contributed by atoms with Crippen LogP contribution in [0.2, 0.25) is 0 Å². The van der Waals surface area contributed by atoms with Gasteiger partial charge in [-0.15, -0.1) is 0 Å². The van der Waals surface area contributed by atoms with Crippen molar-refractivity contribution in [2.75, 3.05) is 67.7 Å². The number of hydrogen-bond donors (Lipinski definition) is 1. The molecular formula is C20H23F2N7O3. The lowest BCUT2D eigenvalue weighted by molar-refractivity contribution is -0.127. The van der Waals surface area contributed by atoms with Crippen molar-refractivity contribution in [1.29, 1.82) is 0 Å². The minimum Gasteiger partial charge on any atom is -0.380 e. The van der Waals surface area contributed by atoms with Gasteiger partial charge in [0.2, 0.25) is 17.8 Å². The van der Waals surface area contributed by atoms with E-state index in [-0.39, 0.29) is 16.9 Å². The average Bonchev–Trinajstić information content (AvgIpc) is 2.71. The van der Waals surface area contributed by atoms with Gasteiger partial charge in [0.25, 0.3) is 6.43 Å². The highest BCUT2D eigenvalue weighted by atomic mass is 19.3. The Bertz CT molecular complexity index is 1020. The van der Waals surface area contributed by atoms with Crippen LogP contribution in [0.25, 0.3) is 11.3 Å². The number of aromatic nitrogens is 4. The number of anilines is 3. The molecule has 3 aliphatic heterocycles. The van der Waals surface area contributed by atoms with Crippen LogP contribution in [0.15, 0.2) is 12.3 Å². The number of carbonyl (C=O) groups is 1. The molecule has 1 spiro atoms. The second-order valence-electron chi connectivity index (χ2n) is 8.33. The largest absolute Gasteiger partial charge is 0.380 e. The second-order valence-corrected chi connectivity index (χ2v) is 8.33. The smallest absolute Gasteiger partial charge is 0.281 e. The maximum atomic E-state index is 13.9. The summed E-state index contributed by atoms with van der Waals surface area (Å²) in [5.74, 6) is 0.510. The zero-order chi connectivity index (χ0) is 22.3. The van der Waals surface area contributed by atoms with Crippen molar-refractivity contribution in [3.05, 3.63) is 18.0 Å². The van der Waals surface area contributed by atoms with Gasteiger partial charge in [0.1, 0.15) is 11.5 Å². The average molecular weight is 447 g/mol. The van der Waals surface area contributed by atoms with Gasteiger partial charge in [0.05, 0.1) is 37.5 Å². The molecule has 5 heterocycles. The molecule has 170 valence electrons. The van der Waals surface area contributed by atoms with E-state index in [1.54, 1.807) is 6.07 Å². The number of nitrogens with one attached hydrogen (secondary N) is 1. The number of hydrogen-bond acceptors (Lipinski definition) is 9. The molecule has 0 aliphatic carbocycles. The van der Waals surface area contributed by atoms with Crippen molar-refractivity contribution >= 4 is 23.6 Å². The first kappa shape index (κ1) is 20.9. The van der Waals surface area contributed by atoms with Gasteiger partial charge in [-0.3, -0.25) is 10.1 Å². The van der Waals surface area contributed by atoms with Crippen molar-refractivity contribution in [1.82, 2.24) is 19.9 Å². The molecule has 12 heteroatoms. The standard InChI is InChI=1S/C20H23F2N7O3/c1-12(30)24-18-23-7-13(16(27-18)17(21)22)14-6-15(28-2-4-31-5-3-28)26-19(25-14)29-8-20(9-29)10-32-11-20/h6-7,17H,2-5,8-11H2,1H3,(H,23,24,27,30). The van der Waals surface area contributed by atoms with Crippen LogP contribution in [-0.2, 0) is 14.3 Å². The van der Waals surface area contributed by atoms with E-state index in [1.807, 2.05) is 4.90 Å². The lowest BCUT2D eigenvalue weighted by atomic mass is 9.78. The SMILES string of the molecule is CC(=O)Nc1ncc(-c2cc(N3CCOCC3)nc(N3CC4(COC4)C3)n2)c(C(F)F)n1. The summed E-state index contributed by atoms with van der Waals surface area (Å²) in [6.45, 7) is 6.64. The fourth-order valence-corrected chi connectivity index (χ4v) is 4.11. The molecule has 1 N–H and O–H groups in total. The molecule has 2 aromatic rings. The van der Waals surface area contributed by atoms with Gasteiger partial charge in [0.15, 0.2) is 0 Å². The molecule has 1 amide bonds. The third-order valence-corrected chi connectivity index (χ3v) is 5.78. The molecule has 10 nitrogen and oxygen atoms in total. The summed E-state index contributed by atoms with van der Waals surface area (Å²) in [6.07, 6.45) is -1.60. The number of morpholine rings is 1. The van der Waals surface area contributed by atoms with Crippen LogP contribution in [0.3, 0.4) is 0 Å². The summed E-state index contributed by atoms with van der Waals surface area (Å²) in [4.78, 5) is 32.6. The van der Waals surface area contributed by atoms with Gasteiger partial charge in [0, 0.05) is 50.9 Å². The molecule has 0 atom stereocenters.